The van der Waals surface area contributed by atoms with Crippen molar-refractivity contribution in [3.8, 4) is 0 Å². The summed E-state index contributed by atoms with van der Waals surface area (Å²) in [6.07, 6.45) is 0. The van der Waals surface area contributed by atoms with Crippen LogP contribution < -0.4 is 5.56 Å². The molecule has 2 aromatic heterocycles. The molecule has 3 aromatic rings. The summed E-state index contributed by atoms with van der Waals surface area (Å²) in [6.45, 7) is 4.77. The molecule has 1 aromatic carbocycles. The predicted octanol–water partition coefficient (Wildman–Crippen LogP) is 2.14. The Kier molecular flexibility index (Phi) is 5.77. The van der Waals surface area contributed by atoms with Gasteiger partial charge in [0, 0.05) is 26.2 Å². The van der Waals surface area contributed by atoms with Gasteiger partial charge in [-0.1, -0.05) is 12.1 Å². The SMILES string of the molecule is CC(=O)c1sc2nc(CN3CCN(S(=O)(=O)c4ccccc4F)CC3)[nH]c(=O)c2c1C. The number of halogens is 1. The van der Waals surface area contributed by atoms with Crippen molar-refractivity contribution in [2.24, 2.45) is 0 Å². The number of benzene rings is 1. The molecular weight excluding hydrogens is 443 g/mol. The number of hydrogen-bond donors (Lipinski definition) is 1. The van der Waals surface area contributed by atoms with Crippen molar-refractivity contribution < 1.29 is 17.6 Å². The van der Waals surface area contributed by atoms with E-state index in [0.717, 1.165) is 6.07 Å². The molecule has 0 amide bonds. The van der Waals surface area contributed by atoms with Gasteiger partial charge in [0.05, 0.1) is 16.8 Å². The van der Waals surface area contributed by atoms with Crippen LogP contribution >= 0.6 is 11.3 Å². The first-order chi connectivity index (χ1) is 14.7. The van der Waals surface area contributed by atoms with Gasteiger partial charge in [0.2, 0.25) is 10.0 Å². The summed E-state index contributed by atoms with van der Waals surface area (Å²) < 4.78 is 40.7. The summed E-state index contributed by atoms with van der Waals surface area (Å²) in [6, 6.07) is 5.34. The van der Waals surface area contributed by atoms with Gasteiger partial charge in [-0.15, -0.1) is 11.3 Å². The lowest BCUT2D eigenvalue weighted by molar-refractivity contribution is 0.102. The molecule has 1 saturated heterocycles. The third kappa shape index (κ3) is 4.05. The standard InChI is InChI=1S/C20H21FN4O4S2/c1-12-17-19(27)22-16(23-20(17)30-18(12)13(2)26)11-24-7-9-25(10-8-24)31(28,29)15-6-4-3-5-14(15)21/h3-6H,7-11H2,1-2H3,(H,22,23,27). The van der Waals surface area contributed by atoms with E-state index in [2.05, 4.69) is 9.97 Å². The lowest BCUT2D eigenvalue weighted by atomic mass is 10.2. The second kappa shape index (κ2) is 8.23. The Morgan fingerprint density at radius 1 is 1.23 bits per heavy atom. The number of H-pyrrole nitrogens is 1. The number of nitrogens with one attached hydrogen (secondary N) is 1. The summed E-state index contributed by atoms with van der Waals surface area (Å²) in [5.74, 6) is -0.413. The second-order valence-corrected chi connectivity index (χ2v) is 10.3. The molecule has 164 valence electrons. The number of Topliss-reactive ketones (excluding diaryl/α,β-unsaturated/α-hetero) is 1. The van der Waals surface area contributed by atoms with Gasteiger partial charge in [-0.25, -0.2) is 17.8 Å². The van der Waals surface area contributed by atoms with E-state index in [4.69, 9.17) is 0 Å². The number of carbonyl (C=O) groups excluding carboxylic acids is 1. The fourth-order valence-electron chi connectivity index (χ4n) is 3.73. The van der Waals surface area contributed by atoms with E-state index in [1.54, 1.807) is 6.92 Å². The maximum atomic E-state index is 14.0. The van der Waals surface area contributed by atoms with E-state index in [-0.39, 0.29) is 29.3 Å². The monoisotopic (exact) mass is 464 g/mol. The minimum atomic E-state index is -3.91. The summed E-state index contributed by atoms with van der Waals surface area (Å²) in [5, 5.41) is 0.430. The Hall–Kier alpha value is -2.47. The van der Waals surface area contributed by atoms with Gasteiger partial charge in [-0.3, -0.25) is 14.5 Å². The Balaban J connectivity index is 1.49. The van der Waals surface area contributed by atoms with Crippen LogP contribution in [0.5, 0.6) is 0 Å². The Morgan fingerprint density at radius 2 is 1.90 bits per heavy atom. The number of aromatic amines is 1. The van der Waals surface area contributed by atoms with E-state index >= 15 is 0 Å². The summed E-state index contributed by atoms with van der Waals surface area (Å²) >= 11 is 1.20. The third-order valence-corrected chi connectivity index (χ3v) is 8.55. The van der Waals surface area contributed by atoms with Gasteiger partial charge in [-0.05, 0) is 31.5 Å². The molecule has 8 nitrogen and oxygen atoms in total. The van der Waals surface area contributed by atoms with Crippen molar-refractivity contribution in [2.45, 2.75) is 25.3 Å². The molecule has 0 atom stereocenters. The number of ketones is 1. The van der Waals surface area contributed by atoms with Crippen LogP contribution in [-0.4, -0.2) is 59.6 Å². The number of nitrogens with zero attached hydrogens (tertiary/aromatic N) is 3. The maximum Gasteiger partial charge on any atom is 0.259 e. The number of fused-ring (bicyclic) bond motifs is 1. The molecule has 0 unspecified atom stereocenters. The van der Waals surface area contributed by atoms with Crippen molar-refractivity contribution >= 4 is 37.4 Å². The second-order valence-electron chi connectivity index (χ2n) is 7.42. The molecule has 0 radical (unpaired) electrons. The van der Waals surface area contributed by atoms with E-state index in [1.165, 1.54) is 40.8 Å². The number of thiophene rings is 1. The first kappa shape index (κ1) is 21.8. The molecule has 4 rings (SSSR count). The van der Waals surface area contributed by atoms with E-state index in [9.17, 15) is 22.4 Å². The summed E-state index contributed by atoms with van der Waals surface area (Å²) in [7, 11) is -3.91. The van der Waals surface area contributed by atoms with E-state index in [0.29, 0.717) is 46.1 Å². The Morgan fingerprint density at radius 3 is 2.55 bits per heavy atom. The summed E-state index contributed by atoms with van der Waals surface area (Å²) in [5.41, 5.74) is 0.349. The highest BCUT2D eigenvalue weighted by atomic mass is 32.2. The van der Waals surface area contributed by atoms with Crippen LogP contribution in [0.2, 0.25) is 0 Å². The molecular formula is C20H21FN4O4S2. The molecule has 1 fully saturated rings. The summed E-state index contributed by atoms with van der Waals surface area (Å²) in [4.78, 5) is 34.3. The first-order valence-corrected chi connectivity index (χ1v) is 11.9. The highest BCUT2D eigenvalue weighted by Gasteiger charge is 2.30. The predicted molar refractivity (Wildman–Crippen MR) is 115 cm³/mol. The number of hydrogen-bond acceptors (Lipinski definition) is 7. The highest BCUT2D eigenvalue weighted by Crippen LogP contribution is 2.27. The van der Waals surface area contributed by atoms with E-state index < -0.39 is 15.8 Å². The van der Waals surface area contributed by atoms with Crippen molar-refractivity contribution in [3.05, 3.63) is 56.7 Å². The topological polar surface area (TPSA) is 103 Å². The van der Waals surface area contributed by atoms with Crippen LogP contribution in [0, 0.1) is 12.7 Å². The van der Waals surface area contributed by atoms with Crippen molar-refractivity contribution in [3.63, 3.8) is 0 Å². The van der Waals surface area contributed by atoms with Gasteiger partial charge in [0.15, 0.2) is 5.78 Å². The molecule has 0 aliphatic carbocycles. The van der Waals surface area contributed by atoms with Crippen LogP contribution in [0.1, 0.15) is 28.0 Å². The average molecular weight is 465 g/mol. The van der Waals surface area contributed by atoms with Crippen molar-refractivity contribution in [2.75, 3.05) is 26.2 Å². The first-order valence-electron chi connectivity index (χ1n) is 9.68. The van der Waals surface area contributed by atoms with Gasteiger partial charge < -0.3 is 4.98 Å². The number of rotatable bonds is 5. The lowest BCUT2D eigenvalue weighted by Gasteiger charge is -2.33. The van der Waals surface area contributed by atoms with Gasteiger partial charge in [0.25, 0.3) is 5.56 Å². The van der Waals surface area contributed by atoms with Crippen molar-refractivity contribution in [1.29, 1.82) is 0 Å². The lowest BCUT2D eigenvalue weighted by Crippen LogP contribution is -2.48. The molecule has 0 bridgehead atoms. The number of aryl methyl sites for hydroxylation is 1. The zero-order valence-electron chi connectivity index (χ0n) is 17.0. The molecule has 3 heterocycles. The quantitative estimate of drug-likeness (QED) is 0.581. The molecule has 0 saturated carbocycles. The number of carbonyl (C=O) groups is 1. The van der Waals surface area contributed by atoms with Crippen LogP contribution in [0.25, 0.3) is 10.2 Å². The van der Waals surface area contributed by atoms with Gasteiger partial charge in [-0.2, -0.15) is 4.31 Å². The fourth-order valence-corrected chi connectivity index (χ4v) is 6.32. The maximum absolute atomic E-state index is 14.0. The molecule has 1 aliphatic rings. The highest BCUT2D eigenvalue weighted by molar-refractivity contribution is 7.89. The molecule has 31 heavy (non-hydrogen) atoms. The molecule has 11 heteroatoms. The fraction of sp³-hybridized carbons (Fsp3) is 0.350. The largest absolute Gasteiger partial charge is 0.309 e. The van der Waals surface area contributed by atoms with Crippen LogP contribution in [-0.2, 0) is 16.6 Å². The van der Waals surface area contributed by atoms with Gasteiger partial charge >= 0.3 is 0 Å². The minimum Gasteiger partial charge on any atom is -0.309 e. The van der Waals surface area contributed by atoms with Gasteiger partial charge in [0.1, 0.15) is 21.4 Å². The van der Waals surface area contributed by atoms with Crippen molar-refractivity contribution in [1.82, 2.24) is 19.2 Å². The van der Waals surface area contributed by atoms with Crippen LogP contribution in [0.15, 0.2) is 34.0 Å². The smallest absolute Gasteiger partial charge is 0.259 e. The minimum absolute atomic E-state index is 0.103. The number of sulfonamides is 1. The molecule has 0 spiro atoms. The Bertz CT molecular complexity index is 1320. The normalized spacial score (nSPS) is 16.1. The Labute approximate surface area is 182 Å². The van der Waals surface area contributed by atoms with E-state index in [1.807, 2.05) is 4.90 Å². The number of aromatic nitrogens is 2. The average Bonchev–Trinajstić information content (AvgIpc) is 3.06. The third-order valence-electron chi connectivity index (χ3n) is 5.33. The zero-order chi connectivity index (χ0) is 22.3. The van der Waals surface area contributed by atoms with Crippen LogP contribution in [0.3, 0.4) is 0 Å². The zero-order valence-corrected chi connectivity index (χ0v) is 18.6. The van der Waals surface area contributed by atoms with Crippen LogP contribution in [0.4, 0.5) is 4.39 Å². The number of piperazine rings is 1. The molecule has 1 N–H and O–H groups in total. The molecule has 1 aliphatic heterocycles.